The smallest absolute Gasteiger partial charge is 0.237 e. The number of nitrogens with one attached hydrogen (secondary N) is 2. The van der Waals surface area contributed by atoms with Gasteiger partial charge < -0.3 is 24.8 Å². The minimum Gasteiger partial charge on any atom is -0.505 e. The number of aromatic hydroxyl groups is 1. The lowest BCUT2D eigenvalue weighted by atomic mass is 9.96. The number of imidazole rings is 1. The molecule has 40 heavy (non-hydrogen) atoms. The number of benzene rings is 2. The normalized spacial score (nSPS) is 17.9. The zero-order chi connectivity index (χ0) is 28.0. The van der Waals surface area contributed by atoms with Gasteiger partial charge in [0, 0.05) is 31.7 Å². The minimum atomic E-state index is -0.772. The number of hydrogen-bond donors (Lipinski definition) is 4. The minimum absolute atomic E-state index is 0.0188. The number of halogens is 2. The molecule has 12 heteroatoms. The molecule has 4 aromatic rings. The van der Waals surface area contributed by atoms with E-state index in [9.17, 15) is 19.4 Å². The van der Waals surface area contributed by atoms with Gasteiger partial charge in [0.05, 0.1) is 49.0 Å². The average molecular weight is 553 g/mol. The number of nitrogens with zero attached hydrogens (tertiary/aromatic N) is 4. The molecule has 1 saturated heterocycles. The van der Waals surface area contributed by atoms with Gasteiger partial charge in [0.2, 0.25) is 5.91 Å². The van der Waals surface area contributed by atoms with E-state index in [-0.39, 0.29) is 30.5 Å². The van der Waals surface area contributed by atoms with Crippen LogP contribution >= 0.6 is 0 Å². The maximum atomic E-state index is 15.5. The van der Waals surface area contributed by atoms with E-state index in [1.54, 1.807) is 11.0 Å². The highest BCUT2D eigenvalue weighted by Crippen LogP contribution is 2.35. The van der Waals surface area contributed by atoms with Crippen LogP contribution in [0.2, 0.25) is 0 Å². The molecule has 6 rings (SSSR count). The molecular formula is C28H30F2N6O4. The monoisotopic (exact) mass is 552 g/mol. The van der Waals surface area contributed by atoms with Crippen LogP contribution in [0.1, 0.15) is 23.9 Å². The van der Waals surface area contributed by atoms with E-state index in [2.05, 4.69) is 20.2 Å². The molecule has 0 bridgehead atoms. The van der Waals surface area contributed by atoms with Crippen molar-refractivity contribution in [2.24, 2.45) is 0 Å². The zero-order valence-corrected chi connectivity index (χ0v) is 22.0. The first kappa shape index (κ1) is 26.4. The van der Waals surface area contributed by atoms with Gasteiger partial charge in [-0.25, -0.2) is 13.8 Å². The number of aliphatic hydroxyl groups is 1. The first-order valence-electron chi connectivity index (χ1n) is 13.3. The maximum Gasteiger partial charge on any atom is 0.237 e. The summed E-state index contributed by atoms with van der Waals surface area (Å²) in [4.78, 5) is 24.7. The van der Waals surface area contributed by atoms with Crippen LogP contribution in [0.25, 0.3) is 33.5 Å². The van der Waals surface area contributed by atoms with Crippen molar-refractivity contribution in [3.8, 4) is 28.4 Å². The number of phenolic OH excluding ortho intramolecular Hbond substituents is 1. The van der Waals surface area contributed by atoms with Crippen LogP contribution in [0.3, 0.4) is 0 Å². The summed E-state index contributed by atoms with van der Waals surface area (Å²) in [5, 5.41) is 26.6. The van der Waals surface area contributed by atoms with Crippen LogP contribution in [0.4, 0.5) is 8.78 Å². The van der Waals surface area contributed by atoms with E-state index in [4.69, 9.17) is 4.74 Å². The third-order valence-electron chi connectivity index (χ3n) is 7.68. The molecule has 0 aliphatic carbocycles. The number of aromatic amines is 2. The maximum absolute atomic E-state index is 15.5. The molecule has 210 valence electrons. The summed E-state index contributed by atoms with van der Waals surface area (Å²) in [5.41, 5.74) is 4.00. The number of phenols is 1. The Labute approximate surface area is 228 Å². The highest BCUT2D eigenvalue weighted by atomic mass is 19.1. The van der Waals surface area contributed by atoms with Crippen molar-refractivity contribution >= 4 is 16.8 Å². The second-order valence-corrected chi connectivity index (χ2v) is 10.3. The number of fused-ring (bicyclic) bond motifs is 2. The van der Waals surface area contributed by atoms with E-state index in [0.717, 1.165) is 5.69 Å². The van der Waals surface area contributed by atoms with Gasteiger partial charge in [-0.2, -0.15) is 5.10 Å². The van der Waals surface area contributed by atoms with E-state index < -0.39 is 17.4 Å². The van der Waals surface area contributed by atoms with E-state index in [0.29, 0.717) is 85.0 Å². The largest absolute Gasteiger partial charge is 0.505 e. The second kappa shape index (κ2) is 10.6. The molecule has 1 amide bonds. The highest BCUT2D eigenvalue weighted by molar-refractivity contribution is 5.94. The summed E-state index contributed by atoms with van der Waals surface area (Å²) in [5.74, 6) is -1.36. The van der Waals surface area contributed by atoms with Crippen molar-refractivity contribution < 1.29 is 28.5 Å². The molecule has 0 spiro atoms. The van der Waals surface area contributed by atoms with Crippen molar-refractivity contribution in [1.82, 2.24) is 30.0 Å². The van der Waals surface area contributed by atoms with Crippen LogP contribution in [-0.4, -0.2) is 91.6 Å². The molecule has 10 nitrogen and oxygen atoms in total. The number of amides is 1. The van der Waals surface area contributed by atoms with Crippen molar-refractivity contribution in [3.05, 3.63) is 52.9 Å². The number of carbonyl (C=O) groups excluding carboxylic acids is 1. The SMILES string of the molecule is CCc1cc(O)c(F)cc1-c1cc(F)c2c(-c3nc4c([nH]3)CCN(C(=O)CN3CCOC(CO)C3)C4)n[nH]c2c1. The predicted molar refractivity (Wildman–Crippen MR) is 142 cm³/mol. The Hall–Kier alpha value is -3.87. The number of H-pyrrole nitrogens is 2. The summed E-state index contributed by atoms with van der Waals surface area (Å²) in [6, 6.07) is 5.61. The van der Waals surface area contributed by atoms with Gasteiger partial charge in [-0.3, -0.25) is 14.8 Å². The van der Waals surface area contributed by atoms with Gasteiger partial charge in [-0.1, -0.05) is 6.92 Å². The van der Waals surface area contributed by atoms with Gasteiger partial charge in [0.25, 0.3) is 0 Å². The first-order chi connectivity index (χ1) is 19.3. The second-order valence-electron chi connectivity index (χ2n) is 10.3. The van der Waals surface area contributed by atoms with E-state index in [1.165, 1.54) is 18.2 Å². The molecule has 2 aliphatic rings. The topological polar surface area (TPSA) is 131 Å². The van der Waals surface area contributed by atoms with Gasteiger partial charge in [-0.05, 0) is 47.4 Å². The fourth-order valence-electron chi connectivity index (χ4n) is 5.54. The van der Waals surface area contributed by atoms with Crippen molar-refractivity contribution in [2.45, 2.75) is 32.4 Å². The molecular weight excluding hydrogens is 522 g/mol. The number of aliphatic hydroxyl groups excluding tert-OH is 1. The lowest BCUT2D eigenvalue weighted by molar-refractivity contribution is -0.136. The molecule has 1 unspecified atom stereocenters. The van der Waals surface area contributed by atoms with Gasteiger partial charge in [0.15, 0.2) is 17.4 Å². The van der Waals surface area contributed by atoms with Crippen molar-refractivity contribution in [1.29, 1.82) is 0 Å². The van der Waals surface area contributed by atoms with Gasteiger partial charge >= 0.3 is 0 Å². The lowest BCUT2D eigenvalue weighted by Crippen LogP contribution is -2.49. The first-order valence-corrected chi connectivity index (χ1v) is 13.3. The Kier molecular flexibility index (Phi) is 6.99. The molecule has 0 radical (unpaired) electrons. The Morgan fingerprint density at radius 1 is 1.20 bits per heavy atom. The van der Waals surface area contributed by atoms with Crippen molar-refractivity contribution in [3.63, 3.8) is 0 Å². The molecule has 2 aromatic heterocycles. The Morgan fingerprint density at radius 2 is 2.05 bits per heavy atom. The van der Waals surface area contributed by atoms with Crippen LogP contribution < -0.4 is 0 Å². The fourth-order valence-corrected chi connectivity index (χ4v) is 5.54. The summed E-state index contributed by atoms with van der Waals surface area (Å²) >= 11 is 0. The third kappa shape index (κ3) is 4.82. The van der Waals surface area contributed by atoms with Gasteiger partial charge in [-0.15, -0.1) is 0 Å². The van der Waals surface area contributed by atoms with Crippen LogP contribution in [0, 0.1) is 11.6 Å². The number of rotatable bonds is 6. The molecule has 2 aliphatic heterocycles. The van der Waals surface area contributed by atoms with Crippen molar-refractivity contribution in [2.75, 3.05) is 39.4 Å². The Morgan fingerprint density at radius 3 is 2.85 bits per heavy atom. The molecule has 2 aromatic carbocycles. The van der Waals surface area contributed by atoms with E-state index in [1.807, 2.05) is 11.8 Å². The predicted octanol–water partition coefficient (Wildman–Crippen LogP) is 2.74. The summed E-state index contributed by atoms with van der Waals surface area (Å²) < 4.78 is 35.1. The highest BCUT2D eigenvalue weighted by Gasteiger charge is 2.28. The number of ether oxygens (including phenoxy) is 1. The van der Waals surface area contributed by atoms with Gasteiger partial charge in [0.1, 0.15) is 11.5 Å². The lowest BCUT2D eigenvalue weighted by Gasteiger charge is -2.34. The molecule has 0 saturated carbocycles. The van der Waals surface area contributed by atoms with Crippen LogP contribution in [0.15, 0.2) is 24.3 Å². The van der Waals surface area contributed by atoms with E-state index >= 15 is 4.39 Å². The van der Waals surface area contributed by atoms with Crippen LogP contribution in [-0.2, 0) is 28.9 Å². The Balaban J connectivity index is 1.24. The summed E-state index contributed by atoms with van der Waals surface area (Å²) in [6.45, 7) is 4.53. The number of aryl methyl sites for hydroxylation is 1. The molecule has 4 N–H and O–H groups in total. The number of hydrogen-bond acceptors (Lipinski definition) is 7. The Bertz CT molecular complexity index is 1580. The standard InChI is InChI=1S/C28H30F2N6O4/c1-2-15-9-24(38)19(29)10-18(15)16-7-20(30)26-22(8-16)33-34-27(26)28-31-21-3-4-36(12-23(21)32-28)25(39)13-35-5-6-40-17(11-35)14-37/h7-10,17,37-38H,2-6,11-14H2,1H3,(H,31,32)(H,33,34). The average Bonchev–Trinajstić information content (AvgIpc) is 3.58. The molecule has 1 atom stereocenters. The molecule has 4 heterocycles. The zero-order valence-electron chi connectivity index (χ0n) is 22.0. The summed E-state index contributed by atoms with van der Waals surface area (Å²) in [6.07, 6.45) is 0.835. The number of aromatic nitrogens is 4. The third-order valence-corrected chi connectivity index (χ3v) is 7.68. The number of morpholine rings is 1. The quantitative estimate of drug-likeness (QED) is 0.289. The number of carbonyl (C=O) groups is 1. The molecule has 1 fully saturated rings. The van der Waals surface area contributed by atoms with Crippen LogP contribution in [0.5, 0.6) is 5.75 Å². The summed E-state index contributed by atoms with van der Waals surface area (Å²) in [7, 11) is 0. The fraction of sp³-hybridized carbons (Fsp3) is 0.393.